The smallest absolute Gasteiger partial charge is 0.224 e. The normalized spacial score (nSPS) is 27.7. The van der Waals surface area contributed by atoms with Crippen LogP contribution in [0.5, 0.6) is 0 Å². The van der Waals surface area contributed by atoms with Crippen LogP contribution in [-0.2, 0) is 11.2 Å². The third-order valence-electron chi connectivity index (χ3n) is 4.90. The van der Waals surface area contributed by atoms with Crippen LogP contribution < -0.4 is 5.32 Å². The predicted molar refractivity (Wildman–Crippen MR) is 89.0 cm³/mol. The van der Waals surface area contributed by atoms with E-state index in [-0.39, 0.29) is 5.91 Å². The highest BCUT2D eigenvalue weighted by Crippen LogP contribution is 2.26. The van der Waals surface area contributed by atoms with E-state index >= 15 is 0 Å². The average molecular weight is 315 g/mol. The molecule has 22 heavy (non-hydrogen) atoms. The van der Waals surface area contributed by atoms with Crippen LogP contribution in [0.25, 0.3) is 10.2 Å². The number of carbonyl (C=O) groups excluding carboxylic acids is 1. The number of hydrogen-bond acceptors (Lipinski definition) is 4. The third-order valence-corrected chi connectivity index (χ3v) is 5.73. The summed E-state index contributed by atoms with van der Waals surface area (Å²) in [5.74, 6) is 0.928. The van der Waals surface area contributed by atoms with Gasteiger partial charge < -0.3 is 10.2 Å². The molecule has 2 aromatic rings. The molecule has 0 aliphatic carbocycles. The molecule has 3 aliphatic heterocycles. The van der Waals surface area contributed by atoms with Crippen molar-refractivity contribution in [1.29, 1.82) is 0 Å². The molecule has 0 spiro atoms. The Morgan fingerprint density at radius 2 is 2.27 bits per heavy atom. The van der Waals surface area contributed by atoms with Gasteiger partial charge in [-0.2, -0.15) is 0 Å². The molecule has 0 saturated carbocycles. The van der Waals surface area contributed by atoms with Gasteiger partial charge in [0.1, 0.15) is 4.83 Å². The largest absolute Gasteiger partial charge is 0.352 e. The molecule has 5 heterocycles. The second-order valence-electron chi connectivity index (χ2n) is 6.58. The molecule has 2 bridgehead atoms. The molecule has 3 saturated heterocycles. The first-order valence-electron chi connectivity index (χ1n) is 8.10. The summed E-state index contributed by atoms with van der Waals surface area (Å²) in [4.78, 5) is 20.3. The predicted octanol–water partition coefficient (Wildman–Crippen LogP) is 2.44. The van der Waals surface area contributed by atoms with E-state index in [0.29, 0.717) is 12.5 Å². The second kappa shape index (κ2) is 5.97. The van der Waals surface area contributed by atoms with Crippen molar-refractivity contribution < 1.29 is 4.79 Å². The lowest BCUT2D eigenvalue weighted by molar-refractivity contribution is -0.121. The number of thiophene rings is 1. The minimum atomic E-state index is 0.129. The zero-order chi connectivity index (χ0) is 14.9. The van der Waals surface area contributed by atoms with E-state index in [1.165, 1.54) is 25.9 Å². The summed E-state index contributed by atoms with van der Waals surface area (Å²) in [5, 5.41) is 6.42. The number of rotatable bonds is 3. The van der Waals surface area contributed by atoms with Crippen LogP contribution in [0.4, 0.5) is 0 Å². The molecule has 4 nitrogen and oxygen atoms in total. The van der Waals surface area contributed by atoms with Crippen molar-refractivity contribution in [3.05, 3.63) is 29.3 Å². The SMILES string of the molecule is O=C(Cc1cnc2sccc2c1)NC1CC2CCN(CC2)C1. The number of fused-ring (bicyclic) bond motifs is 5. The minimum absolute atomic E-state index is 0.129. The van der Waals surface area contributed by atoms with Gasteiger partial charge in [0.2, 0.25) is 5.91 Å². The molecule has 5 heteroatoms. The van der Waals surface area contributed by atoms with Crippen LogP contribution in [-0.4, -0.2) is 41.5 Å². The summed E-state index contributed by atoms with van der Waals surface area (Å²) in [5.41, 5.74) is 1.00. The Labute approximate surface area is 134 Å². The highest BCUT2D eigenvalue weighted by Gasteiger charge is 2.29. The van der Waals surface area contributed by atoms with Crippen molar-refractivity contribution in [1.82, 2.24) is 15.2 Å². The van der Waals surface area contributed by atoms with Gasteiger partial charge in [0.25, 0.3) is 0 Å². The molecule has 0 aromatic carbocycles. The molecule has 1 amide bonds. The molecular formula is C17H21N3OS. The van der Waals surface area contributed by atoms with Gasteiger partial charge >= 0.3 is 0 Å². The fourth-order valence-corrected chi connectivity index (χ4v) is 4.48. The molecule has 1 atom stereocenters. The van der Waals surface area contributed by atoms with Crippen molar-refractivity contribution in [3.8, 4) is 0 Å². The maximum absolute atomic E-state index is 12.3. The van der Waals surface area contributed by atoms with Gasteiger partial charge in [0.15, 0.2) is 0 Å². The first kappa shape index (κ1) is 14.2. The van der Waals surface area contributed by atoms with E-state index in [9.17, 15) is 4.79 Å². The van der Waals surface area contributed by atoms with Crippen molar-refractivity contribution >= 4 is 27.5 Å². The van der Waals surface area contributed by atoms with Crippen LogP contribution >= 0.6 is 11.3 Å². The quantitative estimate of drug-likeness (QED) is 0.946. The fraction of sp³-hybridized carbons (Fsp3) is 0.529. The standard InChI is InChI=1S/C17H21N3OS/c21-16(9-13-7-14-3-6-22-17(14)18-10-13)19-15-8-12-1-4-20(11-15)5-2-12/h3,6-7,10,12,15H,1-2,4-5,8-9,11H2,(H,19,21). The Kier molecular flexibility index (Phi) is 3.84. The lowest BCUT2D eigenvalue weighted by atomic mass is 9.94. The number of hydrogen-bond donors (Lipinski definition) is 1. The van der Waals surface area contributed by atoms with Crippen molar-refractivity contribution in [2.45, 2.75) is 31.7 Å². The molecule has 1 N–H and O–H groups in total. The Hall–Kier alpha value is -1.46. The lowest BCUT2D eigenvalue weighted by Gasteiger charge is -2.26. The summed E-state index contributed by atoms with van der Waals surface area (Å²) in [6.45, 7) is 3.43. The molecule has 5 rings (SSSR count). The molecule has 0 radical (unpaired) electrons. The molecule has 3 aliphatic rings. The van der Waals surface area contributed by atoms with Gasteiger partial charge in [0, 0.05) is 24.2 Å². The minimum Gasteiger partial charge on any atom is -0.352 e. The summed E-state index contributed by atoms with van der Waals surface area (Å²) in [6, 6.07) is 4.46. The van der Waals surface area contributed by atoms with Crippen LogP contribution in [0.2, 0.25) is 0 Å². The summed E-state index contributed by atoms with van der Waals surface area (Å²) < 4.78 is 0. The van der Waals surface area contributed by atoms with Gasteiger partial charge in [-0.25, -0.2) is 4.98 Å². The molecular weight excluding hydrogens is 294 g/mol. The monoisotopic (exact) mass is 315 g/mol. The molecule has 1 unspecified atom stereocenters. The molecule has 3 fully saturated rings. The van der Waals surface area contributed by atoms with Gasteiger partial charge in [-0.15, -0.1) is 11.3 Å². The van der Waals surface area contributed by atoms with Gasteiger partial charge in [-0.1, -0.05) is 0 Å². The maximum atomic E-state index is 12.3. The zero-order valence-corrected chi connectivity index (χ0v) is 13.4. The van der Waals surface area contributed by atoms with E-state index in [4.69, 9.17) is 0 Å². The topological polar surface area (TPSA) is 45.2 Å². The van der Waals surface area contributed by atoms with Gasteiger partial charge in [-0.05, 0) is 61.3 Å². The van der Waals surface area contributed by atoms with E-state index in [1.807, 2.05) is 11.6 Å². The van der Waals surface area contributed by atoms with Crippen LogP contribution in [0.1, 0.15) is 24.8 Å². The first-order valence-corrected chi connectivity index (χ1v) is 8.98. The summed E-state index contributed by atoms with van der Waals surface area (Å²) in [7, 11) is 0. The Morgan fingerprint density at radius 3 is 3.14 bits per heavy atom. The number of carbonyl (C=O) groups is 1. The Balaban J connectivity index is 1.39. The Bertz CT molecular complexity index is 661. The van der Waals surface area contributed by atoms with Crippen LogP contribution in [0.15, 0.2) is 23.7 Å². The summed E-state index contributed by atoms with van der Waals surface area (Å²) >= 11 is 1.64. The number of nitrogens with zero attached hydrogens (tertiary/aromatic N) is 2. The Morgan fingerprint density at radius 1 is 1.41 bits per heavy atom. The third kappa shape index (κ3) is 3.01. The highest BCUT2D eigenvalue weighted by atomic mass is 32.1. The summed E-state index contributed by atoms with van der Waals surface area (Å²) in [6.07, 6.45) is 6.00. The van der Waals surface area contributed by atoms with Crippen molar-refractivity contribution in [3.63, 3.8) is 0 Å². The number of aromatic nitrogens is 1. The molecule has 116 valence electrons. The van der Waals surface area contributed by atoms with Crippen molar-refractivity contribution in [2.24, 2.45) is 5.92 Å². The number of piperidine rings is 1. The van der Waals surface area contributed by atoms with E-state index in [0.717, 1.165) is 34.7 Å². The maximum Gasteiger partial charge on any atom is 0.224 e. The van der Waals surface area contributed by atoms with Crippen molar-refractivity contribution in [2.75, 3.05) is 19.6 Å². The number of amides is 1. The van der Waals surface area contributed by atoms with E-state index in [1.54, 1.807) is 11.3 Å². The van der Waals surface area contributed by atoms with E-state index in [2.05, 4.69) is 27.3 Å². The first-order chi connectivity index (χ1) is 10.8. The van der Waals surface area contributed by atoms with Gasteiger partial charge in [-0.3, -0.25) is 4.79 Å². The lowest BCUT2D eigenvalue weighted by Crippen LogP contribution is -2.42. The van der Waals surface area contributed by atoms with Gasteiger partial charge in [0.05, 0.1) is 6.42 Å². The zero-order valence-electron chi connectivity index (χ0n) is 12.6. The number of nitrogens with one attached hydrogen (secondary N) is 1. The second-order valence-corrected chi connectivity index (χ2v) is 7.47. The number of pyridine rings is 1. The van der Waals surface area contributed by atoms with Crippen LogP contribution in [0, 0.1) is 5.92 Å². The molecule has 2 aromatic heterocycles. The average Bonchev–Trinajstić information content (AvgIpc) is 2.78. The fourth-order valence-electron chi connectivity index (χ4n) is 3.76. The van der Waals surface area contributed by atoms with E-state index < -0.39 is 0 Å². The van der Waals surface area contributed by atoms with Crippen LogP contribution in [0.3, 0.4) is 0 Å². The highest BCUT2D eigenvalue weighted by molar-refractivity contribution is 7.16.